The Morgan fingerprint density at radius 1 is 1.43 bits per heavy atom. The summed E-state index contributed by atoms with van der Waals surface area (Å²) >= 11 is 0. The molecule has 0 aliphatic carbocycles. The van der Waals surface area contributed by atoms with Crippen LogP contribution >= 0.6 is 0 Å². The molecule has 0 fully saturated rings. The number of hydrogen-bond donors (Lipinski definition) is 0. The molecule has 0 spiro atoms. The lowest BCUT2D eigenvalue weighted by molar-refractivity contribution is 0.104. The third-order valence-electron chi connectivity index (χ3n) is 1.96. The van der Waals surface area contributed by atoms with Gasteiger partial charge in [0.05, 0.1) is 0 Å². The average Bonchev–Trinajstić information content (AvgIpc) is 2.19. The second-order valence-electron chi connectivity index (χ2n) is 3.26. The molecule has 0 aromatic carbocycles. The van der Waals surface area contributed by atoms with Crippen molar-refractivity contribution in [3.8, 4) is 0 Å². The summed E-state index contributed by atoms with van der Waals surface area (Å²) in [6.45, 7) is 1.89. The molecular formula is C11H14N2O. The maximum atomic E-state index is 11.6. The molecular weight excluding hydrogens is 176 g/mol. The summed E-state index contributed by atoms with van der Waals surface area (Å²) in [7, 11) is 3.80. The predicted molar refractivity (Wildman–Crippen MR) is 56.0 cm³/mol. The third kappa shape index (κ3) is 2.69. The van der Waals surface area contributed by atoms with Crippen LogP contribution in [0, 0.1) is 0 Å². The fourth-order valence-corrected chi connectivity index (χ4v) is 0.901. The van der Waals surface area contributed by atoms with E-state index in [-0.39, 0.29) is 5.78 Å². The van der Waals surface area contributed by atoms with E-state index in [1.807, 2.05) is 25.9 Å². The van der Waals surface area contributed by atoms with Gasteiger partial charge in [-0.1, -0.05) is 6.07 Å². The van der Waals surface area contributed by atoms with Crippen LogP contribution in [0.15, 0.2) is 36.2 Å². The van der Waals surface area contributed by atoms with Crippen LogP contribution < -0.4 is 0 Å². The van der Waals surface area contributed by atoms with Crippen molar-refractivity contribution in [3.63, 3.8) is 0 Å². The number of aromatic nitrogens is 1. The zero-order chi connectivity index (χ0) is 10.6. The van der Waals surface area contributed by atoms with Crippen molar-refractivity contribution < 1.29 is 4.79 Å². The van der Waals surface area contributed by atoms with Gasteiger partial charge in [0.25, 0.3) is 0 Å². The van der Waals surface area contributed by atoms with E-state index in [9.17, 15) is 4.79 Å². The number of pyridine rings is 1. The van der Waals surface area contributed by atoms with Gasteiger partial charge in [0, 0.05) is 32.1 Å². The largest absolute Gasteiger partial charge is 0.381 e. The Balaban J connectivity index is 2.83. The number of rotatable bonds is 3. The summed E-state index contributed by atoms with van der Waals surface area (Å²) in [5, 5.41) is 0. The van der Waals surface area contributed by atoms with Crippen LogP contribution in [-0.4, -0.2) is 29.8 Å². The van der Waals surface area contributed by atoms with Crippen molar-refractivity contribution >= 4 is 5.78 Å². The molecule has 0 saturated heterocycles. The third-order valence-corrected chi connectivity index (χ3v) is 1.96. The number of nitrogens with zero attached hydrogens (tertiary/aromatic N) is 2. The van der Waals surface area contributed by atoms with Gasteiger partial charge in [0.1, 0.15) is 5.69 Å². The molecule has 74 valence electrons. The lowest BCUT2D eigenvalue weighted by atomic mass is 10.2. The maximum absolute atomic E-state index is 11.6. The molecule has 0 unspecified atom stereocenters. The van der Waals surface area contributed by atoms with Crippen LogP contribution in [0.3, 0.4) is 0 Å². The number of ketones is 1. The summed E-state index contributed by atoms with van der Waals surface area (Å²) in [5.74, 6) is -0.0585. The van der Waals surface area contributed by atoms with Crippen LogP contribution in [0.25, 0.3) is 0 Å². The summed E-state index contributed by atoms with van der Waals surface area (Å²) in [6, 6.07) is 5.31. The van der Waals surface area contributed by atoms with Crippen LogP contribution in [0.2, 0.25) is 0 Å². The molecule has 0 N–H and O–H groups in total. The Bertz CT molecular complexity index is 342. The number of allylic oxidation sites excluding steroid dienone is 2. The molecule has 0 aliphatic heterocycles. The standard InChI is InChI=1S/C11H14N2O/c1-9(13(2)3)8-11(14)10-6-4-5-7-12-10/h4-8H,1-3H3/b9-8-. The number of carbonyl (C=O) groups excluding carboxylic acids is 1. The fraction of sp³-hybridized carbons (Fsp3) is 0.273. The van der Waals surface area contributed by atoms with Crippen molar-refractivity contribution in [2.24, 2.45) is 0 Å². The highest BCUT2D eigenvalue weighted by atomic mass is 16.1. The second kappa shape index (κ2) is 4.56. The molecule has 0 atom stereocenters. The molecule has 0 amide bonds. The molecule has 1 heterocycles. The summed E-state index contributed by atoms with van der Waals surface area (Å²) in [4.78, 5) is 17.5. The van der Waals surface area contributed by atoms with Crippen LogP contribution in [0.5, 0.6) is 0 Å². The normalized spacial score (nSPS) is 11.2. The van der Waals surface area contributed by atoms with Crippen LogP contribution in [0.1, 0.15) is 17.4 Å². The highest BCUT2D eigenvalue weighted by molar-refractivity contribution is 6.03. The summed E-state index contributed by atoms with van der Waals surface area (Å²) < 4.78 is 0. The van der Waals surface area contributed by atoms with E-state index in [0.29, 0.717) is 5.69 Å². The predicted octanol–water partition coefficient (Wildman–Crippen LogP) is 1.73. The molecule has 0 aliphatic rings. The molecule has 1 rings (SSSR count). The minimum Gasteiger partial charge on any atom is -0.381 e. The van der Waals surface area contributed by atoms with Gasteiger partial charge in [-0.2, -0.15) is 0 Å². The van der Waals surface area contributed by atoms with E-state index in [0.717, 1.165) is 5.70 Å². The van der Waals surface area contributed by atoms with E-state index in [1.54, 1.807) is 30.5 Å². The van der Waals surface area contributed by atoms with E-state index < -0.39 is 0 Å². The fourth-order valence-electron chi connectivity index (χ4n) is 0.901. The molecule has 0 saturated carbocycles. The monoisotopic (exact) mass is 190 g/mol. The van der Waals surface area contributed by atoms with E-state index in [1.165, 1.54) is 0 Å². The Hall–Kier alpha value is -1.64. The highest BCUT2D eigenvalue weighted by Crippen LogP contribution is 2.01. The first-order chi connectivity index (χ1) is 6.61. The van der Waals surface area contributed by atoms with Gasteiger partial charge < -0.3 is 4.90 Å². The van der Waals surface area contributed by atoms with Gasteiger partial charge in [0.2, 0.25) is 5.78 Å². The first-order valence-corrected chi connectivity index (χ1v) is 4.42. The topological polar surface area (TPSA) is 33.2 Å². The van der Waals surface area contributed by atoms with Gasteiger partial charge in [-0.15, -0.1) is 0 Å². The number of carbonyl (C=O) groups is 1. The Morgan fingerprint density at radius 2 is 2.14 bits per heavy atom. The van der Waals surface area contributed by atoms with E-state index in [2.05, 4.69) is 4.98 Å². The van der Waals surface area contributed by atoms with Gasteiger partial charge in [-0.25, -0.2) is 0 Å². The van der Waals surface area contributed by atoms with Crippen LogP contribution in [-0.2, 0) is 0 Å². The van der Waals surface area contributed by atoms with Gasteiger partial charge in [-0.05, 0) is 19.1 Å². The minimum absolute atomic E-state index is 0.0585. The van der Waals surface area contributed by atoms with E-state index >= 15 is 0 Å². The zero-order valence-corrected chi connectivity index (χ0v) is 8.69. The molecule has 1 aromatic rings. The SMILES string of the molecule is C/C(=C/C(=O)c1ccccn1)N(C)C. The molecule has 3 nitrogen and oxygen atoms in total. The Morgan fingerprint density at radius 3 is 2.64 bits per heavy atom. The number of hydrogen-bond acceptors (Lipinski definition) is 3. The quantitative estimate of drug-likeness (QED) is 0.537. The molecule has 3 heteroatoms. The maximum Gasteiger partial charge on any atom is 0.205 e. The summed E-state index contributed by atoms with van der Waals surface area (Å²) in [6.07, 6.45) is 3.20. The van der Waals surface area contributed by atoms with E-state index in [4.69, 9.17) is 0 Å². The first-order valence-electron chi connectivity index (χ1n) is 4.42. The lowest BCUT2D eigenvalue weighted by Gasteiger charge is -2.11. The Labute approximate surface area is 84.1 Å². The smallest absolute Gasteiger partial charge is 0.205 e. The van der Waals surface area contributed by atoms with Gasteiger partial charge in [-0.3, -0.25) is 9.78 Å². The molecule has 0 radical (unpaired) electrons. The zero-order valence-electron chi connectivity index (χ0n) is 8.69. The van der Waals surface area contributed by atoms with Crippen molar-refractivity contribution in [3.05, 3.63) is 41.9 Å². The Kier molecular flexibility index (Phi) is 3.40. The van der Waals surface area contributed by atoms with Crippen molar-refractivity contribution in [1.82, 2.24) is 9.88 Å². The second-order valence-corrected chi connectivity index (χ2v) is 3.26. The van der Waals surface area contributed by atoms with Gasteiger partial charge in [0.15, 0.2) is 0 Å². The lowest BCUT2D eigenvalue weighted by Crippen LogP contribution is -2.10. The average molecular weight is 190 g/mol. The summed E-state index contributed by atoms with van der Waals surface area (Å²) in [5.41, 5.74) is 1.40. The highest BCUT2D eigenvalue weighted by Gasteiger charge is 2.03. The minimum atomic E-state index is -0.0585. The van der Waals surface area contributed by atoms with Crippen LogP contribution in [0.4, 0.5) is 0 Å². The van der Waals surface area contributed by atoms with Crippen molar-refractivity contribution in [2.75, 3.05) is 14.1 Å². The van der Waals surface area contributed by atoms with Crippen molar-refractivity contribution in [2.45, 2.75) is 6.92 Å². The first kappa shape index (κ1) is 10.4. The van der Waals surface area contributed by atoms with Crippen molar-refractivity contribution in [1.29, 1.82) is 0 Å². The molecule has 1 aromatic heterocycles. The molecule has 0 bridgehead atoms. The van der Waals surface area contributed by atoms with Gasteiger partial charge >= 0.3 is 0 Å². The molecule has 14 heavy (non-hydrogen) atoms.